The fourth-order valence-electron chi connectivity index (χ4n) is 1.34. The van der Waals surface area contributed by atoms with Crippen LogP contribution in [-0.4, -0.2) is 18.7 Å². The van der Waals surface area contributed by atoms with Gasteiger partial charge in [0, 0.05) is 0 Å². The van der Waals surface area contributed by atoms with Gasteiger partial charge in [-0.1, -0.05) is 12.1 Å². The Bertz CT molecular complexity index is 489. The Morgan fingerprint density at radius 3 is 2.58 bits per heavy atom. The van der Waals surface area contributed by atoms with Crippen molar-refractivity contribution in [3.63, 3.8) is 0 Å². The molecule has 7 heteroatoms. The second-order valence-corrected chi connectivity index (χ2v) is 5.52. The molecule has 0 bridgehead atoms. The smallest absolute Gasteiger partial charge is 0.456 e. The van der Waals surface area contributed by atoms with Gasteiger partial charge in [-0.25, -0.2) is 14.9 Å². The molecule has 1 atom stereocenters. The summed E-state index contributed by atoms with van der Waals surface area (Å²) in [5.41, 5.74) is 5.54. The molecule has 106 valence electrons. The van der Waals surface area contributed by atoms with Crippen molar-refractivity contribution in [2.75, 3.05) is 6.61 Å². The lowest BCUT2D eigenvalue weighted by Crippen LogP contribution is -2.14. The molecule has 0 aromatic heterocycles. The van der Waals surface area contributed by atoms with Crippen molar-refractivity contribution in [3.8, 4) is 5.75 Å². The number of carbonyl (C=O) groups is 1. The summed E-state index contributed by atoms with van der Waals surface area (Å²) in [5.74, 6) is -0.491. The normalized spacial score (nSPS) is 13.9. The monoisotopic (exact) mass is 287 g/mol. The minimum atomic E-state index is -3.72. The summed E-state index contributed by atoms with van der Waals surface area (Å²) in [7, 11) is -3.72. The van der Waals surface area contributed by atoms with Crippen LogP contribution in [-0.2, 0) is 13.8 Å². The van der Waals surface area contributed by atoms with Crippen molar-refractivity contribution in [2.45, 2.75) is 26.9 Å². The number of hydrogen-bond donors (Lipinski definition) is 1. The maximum atomic E-state index is 11.8. The fraction of sp³-hybridized carbons (Fsp3) is 0.417. The number of benzene rings is 1. The largest absolute Gasteiger partial charge is 0.459 e. The average Bonchev–Trinajstić information content (AvgIpc) is 2.27. The average molecular weight is 287 g/mol. The number of esters is 1. The van der Waals surface area contributed by atoms with E-state index in [1.54, 1.807) is 32.9 Å². The summed E-state index contributed by atoms with van der Waals surface area (Å²) >= 11 is 0. The van der Waals surface area contributed by atoms with E-state index in [2.05, 4.69) is 0 Å². The predicted molar refractivity (Wildman–Crippen MR) is 71.0 cm³/mol. The van der Waals surface area contributed by atoms with E-state index in [-0.39, 0.29) is 24.0 Å². The number of nitrogens with two attached hydrogens (primary N) is 1. The lowest BCUT2D eigenvalue weighted by molar-refractivity contribution is 0.0376. The van der Waals surface area contributed by atoms with Crippen LogP contribution in [0.2, 0.25) is 0 Å². The molecule has 0 radical (unpaired) electrons. The summed E-state index contributed by atoms with van der Waals surface area (Å²) in [4.78, 5) is 11.8. The van der Waals surface area contributed by atoms with Crippen LogP contribution in [0.15, 0.2) is 24.3 Å². The molecular weight excluding hydrogens is 269 g/mol. The van der Waals surface area contributed by atoms with Crippen LogP contribution in [0.5, 0.6) is 5.75 Å². The molecule has 0 fully saturated rings. The highest BCUT2D eigenvalue weighted by atomic mass is 31.2. The molecule has 0 aliphatic rings. The lowest BCUT2D eigenvalue weighted by atomic mass is 10.2. The maximum absolute atomic E-state index is 11.8. The van der Waals surface area contributed by atoms with Gasteiger partial charge in [0.15, 0.2) is 0 Å². The molecule has 2 N–H and O–H groups in total. The quantitative estimate of drug-likeness (QED) is 0.639. The van der Waals surface area contributed by atoms with Crippen LogP contribution >= 0.6 is 7.75 Å². The van der Waals surface area contributed by atoms with Crippen molar-refractivity contribution in [1.29, 1.82) is 0 Å². The Kier molecular flexibility index (Phi) is 5.54. The number of para-hydroxylation sites is 1. The van der Waals surface area contributed by atoms with Gasteiger partial charge in [0.25, 0.3) is 0 Å². The Morgan fingerprint density at radius 2 is 2.00 bits per heavy atom. The maximum Gasteiger partial charge on any atom is 0.456 e. The molecule has 0 aliphatic carbocycles. The molecule has 6 nitrogen and oxygen atoms in total. The first-order chi connectivity index (χ1) is 8.85. The summed E-state index contributed by atoms with van der Waals surface area (Å²) < 4.78 is 26.7. The van der Waals surface area contributed by atoms with Crippen LogP contribution in [0.3, 0.4) is 0 Å². The Hall–Kier alpha value is -1.36. The van der Waals surface area contributed by atoms with E-state index >= 15 is 0 Å². The van der Waals surface area contributed by atoms with Crippen LogP contribution in [0.4, 0.5) is 0 Å². The predicted octanol–water partition coefficient (Wildman–Crippen LogP) is 2.73. The molecule has 0 aliphatic heterocycles. The fourth-order valence-corrected chi connectivity index (χ4v) is 2.18. The lowest BCUT2D eigenvalue weighted by Gasteiger charge is -2.16. The minimum Gasteiger partial charge on any atom is -0.459 e. The van der Waals surface area contributed by atoms with E-state index in [0.29, 0.717) is 0 Å². The van der Waals surface area contributed by atoms with E-state index in [0.717, 1.165) is 0 Å². The molecular formula is C12H18NO5P. The third-order valence-electron chi connectivity index (χ3n) is 1.98. The Labute approximate surface area is 112 Å². The first-order valence-corrected chi connectivity index (χ1v) is 7.49. The van der Waals surface area contributed by atoms with Crippen LogP contribution in [0.1, 0.15) is 31.1 Å². The molecule has 0 unspecified atom stereocenters. The van der Waals surface area contributed by atoms with Gasteiger partial charge in [0.05, 0.1) is 12.7 Å². The van der Waals surface area contributed by atoms with Gasteiger partial charge in [-0.15, -0.1) is 0 Å². The van der Waals surface area contributed by atoms with Crippen LogP contribution in [0.25, 0.3) is 0 Å². The first-order valence-electron chi connectivity index (χ1n) is 5.88. The van der Waals surface area contributed by atoms with E-state index < -0.39 is 13.7 Å². The molecule has 1 rings (SSSR count). The van der Waals surface area contributed by atoms with Crippen molar-refractivity contribution in [2.24, 2.45) is 5.50 Å². The molecule has 0 spiro atoms. The van der Waals surface area contributed by atoms with E-state index in [1.807, 2.05) is 0 Å². The third kappa shape index (κ3) is 5.03. The summed E-state index contributed by atoms with van der Waals surface area (Å²) in [6.45, 7) is 5.25. The van der Waals surface area contributed by atoms with Gasteiger partial charge in [-0.2, -0.15) is 0 Å². The summed E-state index contributed by atoms with van der Waals surface area (Å²) in [5, 5.41) is 0. The summed E-state index contributed by atoms with van der Waals surface area (Å²) in [6, 6.07) is 6.26. The van der Waals surface area contributed by atoms with Gasteiger partial charge in [0.2, 0.25) is 0 Å². The van der Waals surface area contributed by atoms with Crippen molar-refractivity contribution in [1.82, 2.24) is 0 Å². The molecule has 0 heterocycles. The van der Waals surface area contributed by atoms with Gasteiger partial charge in [0.1, 0.15) is 11.3 Å². The first kappa shape index (κ1) is 15.7. The van der Waals surface area contributed by atoms with Gasteiger partial charge in [-0.05, 0) is 32.9 Å². The van der Waals surface area contributed by atoms with E-state index in [4.69, 9.17) is 19.3 Å². The van der Waals surface area contributed by atoms with Gasteiger partial charge < -0.3 is 9.26 Å². The topological polar surface area (TPSA) is 87.9 Å². The molecule has 1 aromatic carbocycles. The SMILES string of the molecule is CCO[P@@](N)(=O)Oc1ccccc1C(=O)OC(C)C. The number of carbonyl (C=O) groups excluding carboxylic acids is 1. The number of hydrogen-bond acceptors (Lipinski definition) is 5. The van der Waals surface area contributed by atoms with Gasteiger partial charge in [-0.3, -0.25) is 4.52 Å². The molecule has 19 heavy (non-hydrogen) atoms. The molecule has 0 saturated carbocycles. The Morgan fingerprint density at radius 1 is 1.37 bits per heavy atom. The van der Waals surface area contributed by atoms with Crippen molar-refractivity contribution >= 4 is 13.7 Å². The summed E-state index contributed by atoms with van der Waals surface area (Å²) in [6.07, 6.45) is -0.267. The highest BCUT2D eigenvalue weighted by molar-refractivity contribution is 7.51. The van der Waals surface area contributed by atoms with Crippen molar-refractivity contribution < 1.29 is 23.1 Å². The van der Waals surface area contributed by atoms with Crippen LogP contribution < -0.4 is 10.0 Å². The second kappa shape index (κ2) is 6.70. The highest BCUT2D eigenvalue weighted by Crippen LogP contribution is 2.41. The standard InChI is InChI=1S/C12H18NO5P/c1-4-16-19(13,15)18-11-8-6-5-7-10(11)12(14)17-9(2)3/h5-9H,4H2,1-3H3,(H2,13,15)/t19-/m1/s1. The number of rotatable bonds is 6. The highest BCUT2D eigenvalue weighted by Gasteiger charge is 2.23. The molecule has 1 aromatic rings. The Balaban J connectivity index is 2.96. The molecule has 0 saturated heterocycles. The number of ether oxygens (including phenoxy) is 1. The zero-order chi connectivity index (χ0) is 14.5. The minimum absolute atomic E-state index is 0.0763. The second-order valence-electron chi connectivity index (χ2n) is 4.00. The van der Waals surface area contributed by atoms with E-state index in [9.17, 15) is 9.36 Å². The molecule has 0 amide bonds. The van der Waals surface area contributed by atoms with Crippen LogP contribution in [0, 0.1) is 0 Å². The zero-order valence-corrected chi connectivity index (χ0v) is 12.1. The van der Waals surface area contributed by atoms with Crippen molar-refractivity contribution in [3.05, 3.63) is 29.8 Å². The van der Waals surface area contributed by atoms with Gasteiger partial charge >= 0.3 is 13.7 Å². The third-order valence-corrected chi connectivity index (χ3v) is 3.05. The zero-order valence-electron chi connectivity index (χ0n) is 11.2. The van der Waals surface area contributed by atoms with E-state index in [1.165, 1.54) is 12.1 Å².